The molecule has 0 aliphatic rings. The van der Waals surface area contributed by atoms with Gasteiger partial charge in [-0.05, 0) is 31.1 Å². The number of ether oxygens (including phenoxy) is 1. The maximum Gasteiger partial charge on any atom is 0.343 e. The number of carbonyl (C=O) groups is 1. The number of rotatable bonds is 10. The van der Waals surface area contributed by atoms with Crippen molar-refractivity contribution in [2.24, 2.45) is 0 Å². The van der Waals surface area contributed by atoms with Crippen molar-refractivity contribution in [1.82, 2.24) is 0 Å². The predicted octanol–water partition coefficient (Wildman–Crippen LogP) is 4.61. The zero-order valence-electron chi connectivity index (χ0n) is 13.6. The van der Waals surface area contributed by atoms with E-state index in [2.05, 4.69) is 6.92 Å². The molecule has 3 N–H and O–H groups in total. The van der Waals surface area contributed by atoms with Gasteiger partial charge < -0.3 is 20.1 Å². The fourth-order valence-electron chi connectivity index (χ4n) is 2.19. The van der Waals surface area contributed by atoms with Gasteiger partial charge in [-0.25, -0.2) is 4.79 Å². The summed E-state index contributed by atoms with van der Waals surface area (Å²) in [6, 6.07) is 2.09. The first-order chi connectivity index (χ1) is 11.1. The van der Waals surface area contributed by atoms with E-state index in [1.54, 1.807) is 6.08 Å². The van der Waals surface area contributed by atoms with E-state index in [0.29, 0.717) is 0 Å². The fourth-order valence-corrected chi connectivity index (χ4v) is 2.19. The monoisotopic (exact) mass is 322 g/mol. The normalized spacial score (nSPS) is 11.0. The van der Waals surface area contributed by atoms with Crippen LogP contribution in [0.1, 0.15) is 68.6 Å². The second-order valence-corrected chi connectivity index (χ2v) is 5.55. The average Bonchev–Trinajstić information content (AvgIpc) is 2.53. The molecule has 0 radical (unpaired) electrons. The van der Waals surface area contributed by atoms with Crippen molar-refractivity contribution < 1.29 is 24.9 Å². The number of hydrogen-bond acceptors (Lipinski definition) is 5. The summed E-state index contributed by atoms with van der Waals surface area (Å²) in [6.07, 6.45) is 12.5. The predicted molar refractivity (Wildman–Crippen MR) is 88.6 cm³/mol. The van der Waals surface area contributed by atoms with Crippen molar-refractivity contribution in [1.29, 1.82) is 0 Å². The Labute approximate surface area is 137 Å². The summed E-state index contributed by atoms with van der Waals surface area (Å²) in [5.74, 6) is -2.49. The van der Waals surface area contributed by atoms with Gasteiger partial charge in [0.05, 0.1) is 11.8 Å². The molecule has 128 valence electrons. The van der Waals surface area contributed by atoms with Gasteiger partial charge in [0, 0.05) is 0 Å². The lowest BCUT2D eigenvalue weighted by Crippen LogP contribution is -2.00. The van der Waals surface area contributed by atoms with Gasteiger partial charge in [-0.1, -0.05) is 45.4 Å². The molecular formula is C18H26O5. The molecule has 0 unspecified atom stereocenters. The molecular weight excluding hydrogens is 296 g/mol. The Kier molecular flexibility index (Phi) is 8.65. The molecule has 0 heterocycles. The van der Waals surface area contributed by atoms with E-state index in [-0.39, 0.29) is 5.56 Å². The highest BCUT2D eigenvalue weighted by Crippen LogP contribution is 2.35. The first-order valence-electron chi connectivity index (χ1n) is 8.17. The lowest BCUT2D eigenvalue weighted by atomic mass is 10.1. The summed E-state index contributed by atoms with van der Waals surface area (Å²) >= 11 is 0. The van der Waals surface area contributed by atoms with Crippen molar-refractivity contribution >= 4 is 5.97 Å². The van der Waals surface area contributed by atoms with Gasteiger partial charge in [-0.3, -0.25) is 0 Å². The average molecular weight is 322 g/mol. The second kappa shape index (κ2) is 10.5. The molecule has 0 saturated heterocycles. The van der Waals surface area contributed by atoms with Crippen molar-refractivity contribution in [2.45, 2.75) is 58.3 Å². The maximum atomic E-state index is 11.7. The van der Waals surface area contributed by atoms with Crippen LogP contribution in [0.2, 0.25) is 0 Å². The van der Waals surface area contributed by atoms with Crippen molar-refractivity contribution in [3.63, 3.8) is 0 Å². The molecule has 0 atom stereocenters. The third-order valence-electron chi connectivity index (χ3n) is 3.55. The minimum Gasteiger partial charge on any atom is -0.504 e. The number of esters is 1. The molecule has 0 aromatic heterocycles. The molecule has 0 fully saturated rings. The Bertz CT molecular complexity index is 499. The summed E-state index contributed by atoms with van der Waals surface area (Å²) in [7, 11) is 0. The molecule has 0 aliphatic heterocycles. The largest absolute Gasteiger partial charge is 0.504 e. The van der Waals surface area contributed by atoms with Gasteiger partial charge in [-0.2, -0.15) is 0 Å². The highest BCUT2D eigenvalue weighted by atomic mass is 16.5. The van der Waals surface area contributed by atoms with Gasteiger partial charge in [0.25, 0.3) is 0 Å². The van der Waals surface area contributed by atoms with Gasteiger partial charge in [-0.15, -0.1) is 0 Å². The van der Waals surface area contributed by atoms with Crippen molar-refractivity contribution in [3.8, 4) is 17.2 Å². The number of allylic oxidation sites excluding steroid dienone is 1. The van der Waals surface area contributed by atoms with Crippen LogP contribution in [0.3, 0.4) is 0 Å². The second-order valence-electron chi connectivity index (χ2n) is 5.55. The van der Waals surface area contributed by atoms with E-state index >= 15 is 0 Å². The number of hydrogen-bond donors (Lipinski definition) is 3. The van der Waals surface area contributed by atoms with E-state index in [9.17, 15) is 20.1 Å². The number of phenolic OH excluding ortho intramolecular Hbond substituents is 3. The first kappa shape index (κ1) is 18.9. The summed E-state index contributed by atoms with van der Waals surface area (Å²) in [4.78, 5) is 11.7. The highest BCUT2D eigenvalue weighted by Gasteiger charge is 2.13. The van der Waals surface area contributed by atoms with E-state index in [1.165, 1.54) is 44.8 Å². The van der Waals surface area contributed by atoms with E-state index in [4.69, 9.17) is 4.74 Å². The first-order valence-corrected chi connectivity index (χ1v) is 8.17. The number of carbonyl (C=O) groups excluding carboxylic acids is 1. The molecule has 5 heteroatoms. The zero-order valence-corrected chi connectivity index (χ0v) is 13.6. The maximum absolute atomic E-state index is 11.7. The van der Waals surface area contributed by atoms with Crippen LogP contribution < -0.4 is 0 Å². The minimum atomic E-state index is -0.702. The van der Waals surface area contributed by atoms with Crippen LogP contribution in [0.4, 0.5) is 0 Å². The number of aromatic hydroxyl groups is 3. The Hall–Kier alpha value is -2.17. The molecule has 0 amide bonds. The van der Waals surface area contributed by atoms with Crippen LogP contribution in [0.25, 0.3) is 0 Å². The van der Waals surface area contributed by atoms with Crippen LogP contribution in [0.5, 0.6) is 17.2 Å². The fraction of sp³-hybridized carbons (Fsp3) is 0.500. The Balaban J connectivity index is 2.23. The quantitative estimate of drug-likeness (QED) is 0.253. The minimum absolute atomic E-state index is 0.0293. The highest BCUT2D eigenvalue weighted by molar-refractivity contribution is 5.91. The van der Waals surface area contributed by atoms with Crippen molar-refractivity contribution in [2.75, 3.05) is 0 Å². The summed E-state index contributed by atoms with van der Waals surface area (Å²) in [6.45, 7) is 2.20. The van der Waals surface area contributed by atoms with Gasteiger partial charge >= 0.3 is 5.97 Å². The molecule has 1 aromatic rings. The molecule has 23 heavy (non-hydrogen) atoms. The summed E-state index contributed by atoms with van der Waals surface area (Å²) in [5, 5.41) is 27.9. The van der Waals surface area contributed by atoms with Crippen LogP contribution >= 0.6 is 0 Å². The van der Waals surface area contributed by atoms with Crippen LogP contribution in [-0.2, 0) is 4.74 Å². The van der Waals surface area contributed by atoms with E-state index in [0.717, 1.165) is 25.0 Å². The molecule has 1 rings (SSSR count). The lowest BCUT2D eigenvalue weighted by molar-refractivity contribution is 0.0661. The van der Waals surface area contributed by atoms with Gasteiger partial charge in [0.15, 0.2) is 17.2 Å². The Morgan fingerprint density at radius 3 is 2.17 bits per heavy atom. The van der Waals surface area contributed by atoms with Crippen LogP contribution in [-0.4, -0.2) is 21.3 Å². The molecule has 1 aromatic carbocycles. The smallest absolute Gasteiger partial charge is 0.343 e. The third-order valence-corrected chi connectivity index (χ3v) is 3.55. The molecule has 0 spiro atoms. The zero-order chi connectivity index (χ0) is 17.1. The Morgan fingerprint density at radius 1 is 1.00 bits per heavy atom. The number of unbranched alkanes of at least 4 members (excludes halogenated alkanes) is 7. The lowest BCUT2D eigenvalue weighted by Gasteiger charge is -2.04. The standard InChI is InChI=1S/C18H26O5/c1-2-3-4-5-6-7-8-9-10-11-23-18(22)14-12-15(19)17(21)16(20)13-14/h10-13,19-21H,2-9H2,1H3. The number of phenols is 3. The third kappa shape index (κ3) is 7.08. The molecule has 0 saturated carbocycles. The summed E-state index contributed by atoms with van der Waals surface area (Å²) in [5.41, 5.74) is -0.0293. The SMILES string of the molecule is CCCCCCCCCC=COC(=O)c1cc(O)c(O)c(O)c1. The van der Waals surface area contributed by atoms with Gasteiger partial charge in [0.1, 0.15) is 0 Å². The van der Waals surface area contributed by atoms with E-state index < -0.39 is 23.2 Å². The Morgan fingerprint density at radius 2 is 1.57 bits per heavy atom. The summed E-state index contributed by atoms with van der Waals surface area (Å²) < 4.78 is 4.91. The molecule has 5 nitrogen and oxygen atoms in total. The van der Waals surface area contributed by atoms with E-state index in [1.807, 2.05) is 0 Å². The van der Waals surface area contributed by atoms with Crippen LogP contribution in [0.15, 0.2) is 24.5 Å². The van der Waals surface area contributed by atoms with Crippen molar-refractivity contribution in [3.05, 3.63) is 30.0 Å². The van der Waals surface area contributed by atoms with Gasteiger partial charge in [0.2, 0.25) is 0 Å². The van der Waals surface area contributed by atoms with Crippen LogP contribution in [0, 0.1) is 0 Å². The molecule has 0 bridgehead atoms. The molecule has 0 aliphatic carbocycles. The number of benzene rings is 1. The topological polar surface area (TPSA) is 87.0 Å².